The number of sulfonamides is 1. The Balaban J connectivity index is 1.67. The van der Waals surface area contributed by atoms with Crippen molar-refractivity contribution in [2.45, 2.75) is 42.3 Å². The maximum atomic E-state index is 13.8. The molecule has 1 aliphatic heterocycles. The van der Waals surface area contributed by atoms with Gasteiger partial charge in [0, 0.05) is 24.7 Å². The molecule has 0 unspecified atom stereocenters. The fourth-order valence-electron chi connectivity index (χ4n) is 4.49. The van der Waals surface area contributed by atoms with E-state index in [9.17, 15) is 16.8 Å². The standard InChI is InChI=1S/C28H29N3O4S2Si/c1-38(2,3)20-16-23-21-27-26(22-11-13-25(14-12-22)36(32,33)30-18-7-8-19-30)15-17-29-28(27)31(23)37(34,35)24-9-5-4-6-10-24/h4-6,9-15,17,21H,7-8,18-19H2,1-3H3. The zero-order valence-electron chi connectivity index (χ0n) is 21.5. The molecule has 0 atom stereocenters. The summed E-state index contributed by atoms with van der Waals surface area (Å²) in [6.45, 7) is 7.37. The summed E-state index contributed by atoms with van der Waals surface area (Å²) in [6, 6.07) is 18.6. The largest absolute Gasteiger partial charge is 0.270 e. The van der Waals surface area contributed by atoms with Gasteiger partial charge in [-0.15, -0.1) is 5.54 Å². The first kappa shape index (κ1) is 26.4. The summed E-state index contributed by atoms with van der Waals surface area (Å²) in [5.74, 6) is 3.13. The molecule has 7 nitrogen and oxygen atoms in total. The van der Waals surface area contributed by atoms with Crippen LogP contribution in [0.2, 0.25) is 19.6 Å². The first-order chi connectivity index (χ1) is 18.0. The number of pyridine rings is 1. The Morgan fingerprint density at radius 3 is 2.08 bits per heavy atom. The summed E-state index contributed by atoms with van der Waals surface area (Å²) < 4.78 is 56.2. The predicted molar refractivity (Wildman–Crippen MR) is 152 cm³/mol. The zero-order valence-corrected chi connectivity index (χ0v) is 24.2. The molecule has 1 saturated heterocycles. The van der Waals surface area contributed by atoms with Crippen LogP contribution in [0.25, 0.3) is 22.2 Å². The molecule has 2 aromatic carbocycles. The van der Waals surface area contributed by atoms with Gasteiger partial charge in [0.1, 0.15) is 13.8 Å². The van der Waals surface area contributed by atoms with Gasteiger partial charge in [-0.05, 0) is 60.4 Å². The van der Waals surface area contributed by atoms with Crippen LogP contribution in [0.4, 0.5) is 0 Å². The molecule has 196 valence electrons. The molecular weight excluding hydrogens is 535 g/mol. The second-order valence-electron chi connectivity index (χ2n) is 10.3. The fraction of sp³-hybridized carbons (Fsp3) is 0.250. The van der Waals surface area contributed by atoms with Crippen molar-refractivity contribution in [1.29, 1.82) is 0 Å². The van der Waals surface area contributed by atoms with Gasteiger partial charge in [-0.25, -0.2) is 25.8 Å². The lowest BCUT2D eigenvalue weighted by molar-refractivity contribution is 0.477. The van der Waals surface area contributed by atoms with Crippen molar-refractivity contribution in [3.05, 3.63) is 78.6 Å². The number of aromatic nitrogens is 2. The molecule has 0 radical (unpaired) electrons. The average molecular weight is 564 g/mol. The second-order valence-corrected chi connectivity index (χ2v) is 18.8. The molecule has 1 aliphatic rings. The van der Waals surface area contributed by atoms with Crippen LogP contribution in [-0.2, 0) is 20.0 Å². The maximum absolute atomic E-state index is 13.8. The van der Waals surface area contributed by atoms with E-state index in [1.807, 2.05) is 6.07 Å². The van der Waals surface area contributed by atoms with Crippen molar-refractivity contribution in [1.82, 2.24) is 13.3 Å². The van der Waals surface area contributed by atoms with Crippen LogP contribution in [0.15, 0.2) is 82.7 Å². The number of nitrogens with zero attached hydrogens (tertiary/aromatic N) is 3. The molecule has 0 spiro atoms. The third-order valence-electron chi connectivity index (χ3n) is 6.38. The average Bonchev–Trinajstić information content (AvgIpc) is 3.56. The quantitative estimate of drug-likeness (QED) is 0.253. The Kier molecular flexibility index (Phi) is 6.82. The molecular formula is C28H29N3O4S2Si. The SMILES string of the molecule is C[Si](C)(C)C#Cc1cc2c(-c3ccc(S(=O)(=O)N4CCCC4)cc3)ccnc2n1S(=O)(=O)c1ccccc1. The van der Waals surface area contributed by atoms with Gasteiger partial charge in [-0.1, -0.05) is 55.9 Å². The van der Waals surface area contributed by atoms with Crippen LogP contribution in [0.1, 0.15) is 18.5 Å². The van der Waals surface area contributed by atoms with E-state index in [1.165, 1.54) is 8.28 Å². The number of hydrogen-bond acceptors (Lipinski definition) is 5. The molecule has 10 heteroatoms. The summed E-state index contributed by atoms with van der Waals surface area (Å²) in [7, 11) is -9.32. The lowest BCUT2D eigenvalue weighted by Crippen LogP contribution is -2.27. The van der Waals surface area contributed by atoms with Crippen LogP contribution in [0.5, 0.6) is 0 Å². The normalized spacial score (nSPS) is 14.9. The molecule has 0 amide bonds. The zero-order chi connectivity index (χ0) is 27.1. The minimum Gasteiger partial charge on any atom is -0.237 e. The topological polar surface area (TPSA) is 89.3 Å². The van der Waals surface area contributed by atoms with Crippen molar-refractivity contribution < 1.29 is 16.8 Å². The van der Waals surface area contributed by atoms with Gasteiger partial charge in [-0.2, -0.15) is 4.31 Å². The van der Waals surface area contributed by atoms with Gasteiger partial charge in [-0.3, -0.25) is 0 Å². The highest BCUT2D eigenvalue weighted by molar-refractivity contribution is 7.90. The van der Waals surface area contributed by atoms with E-state index in [0.717, 1.165) is 24.0 Å². The van der Waals surface area contributed by atoms with Gasteiger partial charge >= 0.3 is 0 Å². The minimum atomic E-state index is -3.97. The Morgan fingerprint density at radius 1 is 0.816 bits per heavy atom. The highest BCUT2D eigenvalue weighted by atomic mass is 32.2. The van der Waals surface area contributed by atoms with E-state index in [2.05, 4.69) is 36.1 Å². The monoisotopic (exact) mass is 563 g/mol. The van der Waals surface area contributed by atoms with Crippen molar-refractivity contribution in [3.63, 3.8) is 0 Å². The van der Waals surface area contributed by atoms with E-state index in [1.54, 1.807) is 66.9 Å². The van der Waals surface area contributed by atoms with Crippen molar-refractivity contribution in [2.75, 3.05) is 13.1 Å². The van der Waals surface area contributed by atoms with Gasteiger partial charge in [0.2, 0.25) is 10.0 Å². The Hall–Kier alpha value is -3.23. The van der Waals surface area contributed by atoms with Gasteiger partial charge in [0.25, 0.3) is 10.0 Å². The lowest BCUT2D eigenvalue weighted by Gasteiger charge is -2.15. The number of fused-ring (bicyclic) bond motifs is 1. The van der Waals surface area contributed by atoms with Crippen LogP contribution in [0, 0.1) is 11.5 Å². The van der Waals surface area contributed by atoms with Crippen LogP contribution in [-0.4, -0.2) is 51.3 Å². The highest BCUT2D eigenvalue weighted by Crippen LogP contribution is 2.33. The van der Waals surface area contributed by atoms with Crippen molar-refractivity contribution in [2.24, 2.45) is 0 Å². The van der Waals surface area contributed by atoms with E-state index < -0.39 is 28.1 Å². The van der Waals surface area contributed by atoms with E-state index >= 15 is 0 Å². The molecule has 2 aromatic heterocycles. The van der Waals surface area contributed by atoms with E-state index in [0.29, 0.717) is 24.2 Å². The Labute approximate surface area is 225 Å². The molecule has 0 N–H and O–H groups in total. The summed E-state index contributed by atoms with van der Waals surface area (Å²) in [5.41, 5.74) is 5.41. The fourth-order valence-corrected chi connectivity index (χ4v) is 7.95. The van der Waals surface area contributed by atoms with Gasteiger partial charge in [0.05, 0.1) is 9.79 Å². The van der Waals surface area contributed by atoms with Crippen LogP contribution < -0.4 is 0 Å². The van der Waals surface area contributed by atoms with Crippen LogP contribution >= 0.6 is 0 Å². The Bertz CT molecular complexity index is 1770. The molecule has 0 saturated carbocycles. The number of hydrogen-bond donors (Lipinski definition) is 0. The number of benzene rings is 2. The third kappa shape index (κ3) is 4.95. The molecule has 3 heterocycles. The maximum Gasteiger partial charge on any atom is 0.270 e. The molecule has 5 rings (SSSR count). The lowest BCUT2D eigenvalue weighted by atomic mass is 10.0. The molecule has 0 bridgehead atoms. The highest BCUT2D eigenvalue weighted by Gasteiger charge is 2.28. The number of rotatable bonds is 5. The first-order valence-electron chi connectivity index (χ1n) is 12.4. The van der Waals surface area contributed by atoms with Gasteiger partial charge in [0.15, 0.2) is 5.65 Å². The third-order valence-corrected chi connectivity index (χ3v) is 10.9. The summed E-state index contributed by atoms with van der Waals surface area (Å²) in [6.07, 6.45) is 3.31. The second kappa shape index (κ2) is 9.82. The molecule has 38 heavy (non-hydrogen) atoms. The van der Waals surface area contributed by atoms with Crippen molar-refractivity contribution in [3.8, 4) is 22.6 Å². The Morgan fingerprint density at radius 2 is 1.45 bits per heavy atom. The molecule has 0 aliphatic carbocycles. The summed E-state index contributed by atoms with van der Waals surface area (Å²) in [5, 5.41) is 0.627. The minimum absolute atomic E-state index is 0.150. The molecule has 1 fully saturated rings. The predicted octanol–water partition coefficient (Wildman–Crippen LogP) is 4.95. The van der Waals surface area contributed by atoms with E-state index in [-0.39, 0.29) is 15.4 Å². The van der Waals surface area contributed by atoms with E-state index in [4.69, 9.17) is 0 Å². The smallest absolute Gasteiger partial charge is 0.237 e. The summed E-state index contributed by atoms with van der Waals surface area (Å²) in [4.78, 5) is 4.86. The van der Waals surface area contributed by atoms with Crippen molar-refractivity contribution >= 4 is 39.2 Å². The summed E-state index contributed by atoms with van der Waals surface area (Å²) >= 11 is 0. The molecule has 4 aromatic rings. The van der Waals surface area contributed by atoms with Gasteiger partial charge < -0.3 is 0 Å². The van der Waals surface area contributed by atoms with Crippen LogP contribution in [0.3, 0.4) is 0 Å². The first-order valence-corrected chi connectivity index (χ1v) is 18.8.